The molecule has 0 saturated heterocycles. The molecule has 0 bridgehead atoms. The number of hydrogen-bond donors (Lipinski definition) is 0. The summed E-state index contributed by atoms with van der Waals surface area (Å²) in [7, 11) is 0. The largest absolute Gasteiger partial charge is 0.309 e. The van der Waals surface area contributed by atoms with Gasteiger partial charge in [-0.15, -0.1) is 0 Å². The van der Waals surface area contributed by atoms with Gasteiger partial charge in [0.2, 0.25) is 0 Å². The first-order valence-electron chi connectivity index (χ1n) is 15.6. The number of aryl methyl sites for hydroxylation is 2. The second kappa shape index (κ2) is 8.94. The van der Waals surface area contributed by atoms with Crippen LogP contribution >= 0.6 is 0 Å². The van der Waals surface area contributed by atoms with Gasteiger partial charge in [0, 0.05) is 16.2 Å². The van der Waals surface area contributed by atoms with Crippen molar-refractivity contribution in [2.24, 2.45) is 0 Å². The lowest BCUT2D eigenvalue weighted by atomic mass is 9.73. The third-order valence-corrected chi connectivity index (χ3v) is 10.0. The Bertz CT molecular complexity index is 2420. The number of fused-ring (bicyclic) bond motifs is 7. The molecule has 0 saturated carbocycles. The fourth-order valence-corrected chi connectivity index (χ4v) is 8.02. The average Bonchev–Trinajstić information content (AvgIpc) is 3.36. The Kier molecular flexibility index (Phi) is 5.15. The Labute approximate surface area is 258 Å². The van der Waals surface area contributed by atoms with Crippen LogP contribution in [0.15, 0.2) is 127 Å². The van der Waals surface area contributed by atoms with Crippen molar-refractivity contribution in [2.75, 3.05) is 0 Å². The lowest BCUT2D eigenvalue weighted by Crippen LogP contribution is -2.26. The summed E-state index contributed by atoms with van der Waals surface area (Å²) in [5.41, 5.74) is 14.3. The first-order chi connectivity index (χ1) is 21.4. The zero-order valence-corrected chi connectivity index (χ0v) is 25.6. The van der Waals surface area contributed by atoms with E-state index in [9.17, 15) is 0 Å². The average molecular weight is 564 g/mol. The van der Waals surface area contributed by atoms with E-state index in [4.69, 9.17) is 0 Å². The van der Waals surface area contributed by atoms with Gasteiger partial charge in [-0.05, 0) is 99.1 Å². The van der Waals surface area contributed by atoms with Crippen molar-refractivity contribution in [2.45, 2.75) is 33.1 Å². The molecule has 0 aliphatic carbocycles. The monoisotopic (exact) mass is 563 g/mol. The lowest BCUT2D eigenvalue weighted by molar-refractivity contribution is 0.630. The van der Waals surface area contributed by atoms with E-state index >= 15 is 0 Å². The summed E-state index contributed by atoms with van der Waals surface area (Å²) in [6.07, 6.45) is 0. The molecule has 210 valence electrons. The van der Waals surface area contributed by atoms with Crippen LogP contribution in [0.3, 0.4) is 0 Å². The molecule has 1 aliphatic heterocycles. The molecule has 0 spiro atoms. The Morgan fingerprint density at radius 2 is 1.05 bits per heavy atom. The van der Waals surface area contributed by atoms with Gasteiger partial charge < -0.3 is 4.57 Å². The van der Waals surface area contributed by atoms with Crippen LogP contribution in [0.1, 0.15) is 36.1 Å². The maximum Gasteiger partial charge on any atom is 0.0582 e. The molecule has 0 unspecified atom stereocenters. The van der Waals surface area contributed by atoms with Crippen LogP contribution in [0.5, 0.6) is 0 Å². The van der Waals surface area contributed by atoms with Crippen molar-refractivity contribution in [3.63, 3.8) is 0 Å². The topological polar surface area (TPSA) is 4.93 Å². The Hall–Kier alpha value is -5.14. The smallest absolute Gasteiger partial charge is 0.0582 e. The molecule has 7 aromatic carbocycles. The summed E-state index contributed by atoms with van der Waals surface area (Å²) >= 11 is 0. The second-order valence-corrected chi connectivity index (χ2v) is 13.1. The van der Waals surface area contributed by atoms with Crippen molar-refractivity contribution in [3.05, 3.63) is 150 Å². The first-order valence-corrected chi connectivity index (χ1v) is 15.6. The summed E-state index contributed by atoms with van der Waals surface area (Å²) in [6, 6.07) is 47.7. The zero-order valence-electron chi connectivity index (χ0n) is 25.6. The Morgan fingerprint density at radius 1 is 0.455 bits per heavy atom. The van der Waals surface area contributed by atoms with E-state index in [1.807, 2.05) is 0 Å². The van der Waals surface area contributed by atoms with E-state index in [1.165, 1.54) is 93.5 Å². The predicted octanol–water partition coefficient (Wildman–Crippen LogP) is 11.7. The maximum absolute atomic E-state index is 2.53. The Balaban J connectivity index is 1.39. The SMILES string of the molecule is Cc1ccc2c(c1)c1cc(C)cc3c1n2-c1ccc(-c2c4ccccc4c(-c4ccccc4)c4ccccc24)cc1C3(C)C. The normalized spacial score (nSPS) is 13.6. The van der Waals surface area contributed by atoms with Crippen LogP contribution in [-0.2, 0) is 5.41 Å². The van der Waals surface area contributed by atoms with Gasteiger partial charge in [-0.25, -0.2) is 0 Å². The molecule has 9 rings (SSSR count). The minimum Gasteiger partial charge on any atom is -0.309 e. The summed E-state index contributed by atoms with van der Waals surface area (Å²) < 4.78 is 2.53. The number of nitrogens with zero attached hydrogens (tertiary/aromatic N) is 1. The minimum atomic E-state index is -0.162. The molecule has 0 N–H and O–H groups in total. The van der Waals surface area contributed by atoms with Gasteiger partial charge in [-0.3, -0.25) is 0 Å². The number of rotatable bonds is 2. The third-order valence-electron chi connectivity index (χ3n) is 10.0. The molecule has 0 amide bonds. The lowest BCUT2D eigenvalue weighted by Gasteiger charge is -2.35. The van der Waals surface area contributed by atoms with E-state index in [2.05, 4.69) is 160 Å². The predicted molar refractivity (Wildman–Crippen MR) is 188 cm³/mol. The molecule has 1 nitrogen and oxygen atoms in total. The molecule has 2 heterocycles. The highest BCUT2D eigenvalue weighted by atomic mass is 15.0. The van der Waals surface area contributed by atoms with Crippen LogP contribution in [0.25, 0.3) is 71.3 Å². The van der Waals surface area contributed by atoms with Crippen molar-refractivity contribution in [3.8, 4) is 27.9 Å². The third kappa shape index (κ3) is 3.36. The van der Waals surface area contributed by atoms with Gasteiger partial charge in [0.15, 0.2) is 0 Å². The Morgan fingerprint density at radius 3 is 1.70 bits per heavy atom. The number of benzene rings is 7. The van der Waals surface area contributed by atoms with Gasteiger partial charge in [-0.2, -0.15) is 0 Å². The summed E-state index contributed by atoms with van der Waals surface area (Å²) in [5, 5.41) is 7.86. The molecule has 1 heteroatoms. The van der Waals surface area contributed by atoms with Crippen LogP contribution in [0.4, 0.5) is 0 Å². The fourth-order valence-electron chi connectivity index (χ4n) is 8.02. The summed E-state index contributed by atoms with van der Waals surface area (Å²) in [6.45, 7) is 9.25. The maximum atomic E-state index is 2.53. The minimum absolute atomic E-state index is 0.162. The fraction of sp³-hybridized carbons (Fsp3) is 0.116. The molecular weight excluding hydrogens is 530 g/mol. The van der Waals surface area contributed by atoms with E-state index in [-0.39, 0.29) is 5.41 Å². The van der Waals surface area contributed by atoms with Gasteiger partial charge >= 0.3 is 0 Å². The molecule has 1 aliphatic rings. The molecule has 8 aromatic rings. The number of aromatic nitrogens is 1. The second-order valence-electron chi connectivity index (χ2n) is 13.1. The highest BCUT2D eigenvalue weighted by molar-refractivity contribution is 6.21. The van der Waals surface area contributed by atoms with E-state index in [0.717, 1.165) is 0 Å². The van der Waals surface area contributed by atoms with Gasteiger partial charge in [-0.1, -0.05) is 122 Å². The summed E-state index contributed by atoms with van der Waals surface area (Å²) in [5.74, 6) is 0. The summed E-state index contributed by atoms with van der Waals surface area (Å²) in [4.78, 5) is 0. The van der Waals surface area contributed by atoms with Gasteiger partial charge in [0.05, 0.1) is 16.7 Å². The van der Waals surface area contributed by atoms with Crippen LogP contribution in [0, 0.1) is 13.8 Å². The standard InChI is InChI=1S/C43H33N/c1-26-18-20-38-34(22-26)35-23-27(2)24-37-42(35)44(38)39-21-19-29(25-36(39)43(37,3)4)41-32-16-10-8-14-30(32)40(28-12-6-5-7-13-28)31-15-9-11-17-33(31)41/h5-25H,1-4H3. The first kappa shape index (κ1) is 25.4. The van der Waals surface area contributed by atoms with Crippen molar-refractivity contribution >= 4 is 43.4 Å². The van der Waals surface area contributed by atoms with Crippen LogP contribution in [0.2, 0.25) is 0 Å². The van der Waals surface area contributed by atoms with E-state index in [0.29, 0.717) is 0 Å². The molecule has 0 radical (unpaired) electrons. The van der Waals surface area contributed by atoms with Gasteiger partial charge in [0.25, 0.3) is 0 Å². The van der Waals surface area contributed by atoms with Crippen molar-refractivity contribution < 1.29 is 0 Å². The molecule has 0 atom stereocenters. The zero-order chi connectivity index (χ0) is 29.7. The highest BCUT2D eigenvalue weighted by Crippen LogP contribution is 2.50. The van der Waals surface area contributed by atoms with Gasteiger partial charge in [0.1, 0.15) is 0 Å². The van der Waals surface area contributed by atoms with E-state index < -0.39 is 0 Å². The number of hydrogen-bond acceptors (Lipinski definition) is 0. The van der Waals surface area contributed by atoms with Crippen molar-refractivity contribution in [1.82, 2.24) is 4.57 Å². The molecule has 0 fully saturated rings. The highest BCUT2D eigenvalue weighted by Gasteiger charge is 2.36. The van der Waals surface area contributed by atoms with Crippen LogP contribution in [-0.4, -0.2) is 4.57 Å². The molecule has 44 heavy (non-hydrogen) atoms. The molecule has 1 aromatic heterocycles. The van der Waals surface area contributed by atoms with Crippen molar-refractivity contribution in [1.29, 1.82) is 0 Å². The van der Waals surface area contributed by atoms with Crippen LogP contribution < -0.4 is 0 Å². The molecular formula is C43H33N. The quantitative estimate of drug-likeness (QED) is 0.184. The van der Waals surface area contributed by atoms with E-state index in [1.54, 1.807) is 0 Å².